The fourth-order valence-electron chi connectivity index (χ4n) is 1.56. The van der Waals surface area contributed by atoms with E-state index < -0.39 is 0 Å². The molecule has 18 heavy (non-hydrogen) atoms. The number of pyridine rings is 2. The van der Waals surface area contributed by atoms with Gasteiger partial charge in [0.15, 0.2) is 0 Å². The minimum atomic E-state index is -0.241. The summed E-state index contributed by atoms with van der Waals surface area (Å²) in [5.41, 5.74) is 2.11. The van der Waals surface area contributed by atoms with Gasteiger partial charge in [-0.3, -0.25) is 4.79 Å². The Morgan fingerprint density at radius 2 is 2.11 bits per heavy atom. The van der Waals surface area contributed by atoms with Gasteiger partial charge in [-0.15, -0.1) is 0 Å². The maximum absolute atomic E-state index is 12.0. The van der Waals surface area contributed by atoms with Crippen molar-refractivity contribution in [3.8, 4) is 0 Å². The summed E-state index contributed by atoms with van der Waals surface area (Å²) in [5, 5.41) is 3.10. The van der Waals surface area contributed by atoms with Gasteiger partial charge in [-0.05, 0) is 37.6 Å². The smallest absolute Gasteiger partial charge is 0.258 e. The SMILES string of the molecule is Cc1cccc(NC(=O)c2cnc(Cl)cc2C)n1. The number of aromatic nitrogens is 2. The Kier molecular flexibility index (Phi) is 3.58. The average Bonchev–Trinajstić information content (AvgIpc) is 2.28. The highest BCUT2D eigenvalue weighted by Crippen LogP contribution is 2.14. The van der Waals surface area contributed by atoms with Gasteiger partial charge < -0.3 is 5.32 Å². The summed E-state index contributed by atoms with van der Waals surface area (Å²) in [6.07, 6.45) is 1.46. The van der Waals surface area contributed by atoms with Crippen molar-refractivity contribution in [2.24, 2.45) is 0 Å². The monoisotopic (exact) mass is 261 g/mol. The molecular weight excluding hydrogens is 250 g/mol. The van der Waals surface area contributed by atoms with Gasteiger partial charge in [0.1, 0.15) is 11.0 Å². The van der Waals surface area contributed by atoms with Crippen LogP contribution < -0.4 is 5.32 Å². The second kappa shape index (κ2) is 5.14. The second-order valence-electron chi connectivity index (χ2n) is 3.94. The van der Waals surface area contributed by atoms with E-state index in [-0.39, 0.29) is 5.91 Å². The third-order valence-electron chi connectivity index (χ3n) is 2.45. The number of carbonyl (C=O) groups excluding carboxylic acids is 1. The van der Waals surface area contributed by atoms with Crippen LogP contribution in [-0.4, -0.2) is 15.9 Å². The first-order valence-corrected chi connectivity index (χ1v) is 5.81. The molecule has 5 heteroatoms. The Morgan fingerprint density at radius 1 is 1.33 bits per heavy atom. The van der Waals surface area contributed by atoms with E-state index in [1.807, 2.05) is 26.0 Å². The molecule has 0 saturated carbocycles. The molecule has 1 N–H and O–H groups in total. The number of hydrogen-bond acceptors (Lipinski definition) is 3. The molecule has 0 aliphatic carbocycles. The molecule has 92 valence electrons. The zero-order valence-corrected chi connectivity index (χ0v) is 10.8. The highest BCUT2D eigenvalue weighted by atomic mass is 35.5. The molecule has 2 aromatic heterocycles. The third-order valence-corrected chi connectivity index (χ3v) is 2.66. The molecule has 2 rings (SSSR count). The lowest BCUT2D eigenvalue weighted by Crippen LogP contribution is -2.14. The molecule has 0 atom stereocenters. The lowest BCUT2D eigenvalue weighted by atomic mass is 10.1. The van der Waals surface area contributed by atoms with Gasteiger partial charge in [0.25, 0.3) is 5.91 Å². The average molecular weight is 262 g/mol. The molecule has 0 aliphatic rings. The van der Waals surface area contributed by atoms with E-state index in [0.29, 0.717) is 16.5 Å². The van der Waals surface area contributed by atoms with Gasteiger partial charge in [-0.1, -0.05) is 17.7 Å². The number of anilines is 1. The highest BCUT2D eigenvalue weighted by Gasteiger charge is 2.10. The van der Waals surface area contributed by atoms with Crippen molar-refractivity contribution in [1.29, 1.82) is 0 Å². The highest BCUT2D eigenvalue weighted by molar-refractivity contribution is 6.29. The molecule has 0 unspecified atom stereocenters. The zero-order chi connectivity index (χ0) is 13.1. The van der Waals surface area contributed by atoms with Crippen LogP contribution in [0.25, 0.3) is 0 Å². The quantitative estimate of drug-likeness (QED) is 0.846. The summed E-state index contributed by atoms with van der Waals surface area (Å²) in [6, 6.07) is 7.10. The van der Waals surface area contributed by atoms with Gasteiger partial charge in [0, 0.05) is 11.9 Å². The summed E-state index contributed by atoms with van der Waals surface area (Å²) >= 11 is 5.75. The predicted molar refractivity (Wildman–Crippen MR) is 70.9 cm³/mol. The molecule has 0 spiro atoms. The molecular formula is C13H12ClN3O. The molecule has 2 heterocycles. The van der Waals surface area contributed by atoms with Crippen LogP contribution in [0.2, 0.25) is 5.15 Å². The molecule has 0 fully saturated rings. The third kappa shape index (κ3) is 2.84. The van der Waals surface area contributed by atoms with E-state index in [2.05, 4.69) is 15.3 Å². The summed E-state index contributed by atoms with van der Waals surface area (Å²) in [6.45, 7) is 3.68. The van der Waals surface area contributed by atoms with Crippen molar-refractivity contribution in [1.82, 2.24) is 9.97 Å². The molecule has 0 bridgehead atoms. The van der Waals surface area contributed by atoms with Crippen molar-refractivity contribution < 1.29 is 4.79 Å². The molecule has 1 amide bonds. The molecule has 0 radical (unpaired) electrons. The van der Waals surface area contributed by atoms with Crippen LogP contribution in [0.15, 0.2) is 30.5 Å². The number of carbonyl (C=O) groups is 1. The Labute approximate surface area is 110 Å². The molecule has 4 nitrogen and oxygen atoms in total. The van der Waals surface area contributed by atoms with Crippen molar-refractivity contribution in [3.63, 3.8) is 0 Å². The van der Waals surface area contributed by atoms with E-state index in [1.54, 1.807) is 12.1 Å². The second-order valence-corrected chi connectivity index (χ2v) is 4.33. The Morgan fingerprint density at radius 3 is 2.78 bits per heavy atom. The predicted octanol–water partition coefficient (Wildman–Crippen LogP) is 3.00. The topological polar surface area (TPSA) is 54.9 Å². The zero-order valence-electron chi connectivity index (χ0n) is 10.1. The van der Waals surface area contributed by atoms with Crippen LogP contribution in [0.1, 0.15) is 21.6 Å². The standard InChI is InChI=1S/C13H12ClN3O/c1-8-6-11(14)15-7-10(8)13(18)17-12-5-3-4-9(2)16-12/h3-7H,1-2H3,(H,16,17,18). The van der Waals surface area contributed by atoms with Crippen molar-refractivity contribution >= 4 is 23.3 Å². The number of nitrogens with one attached hydrogen (secondary N) is 1. The number of aryl methyl sites for hydroxylation is 2. The fraction of sp³-hybridized carbons (Fsp3) is 0.154. The van der Waals surface area contributed by atoms with Crippen LogP contribution in [0.5, 0.6) is 0 Å². The van der Waals surface area contributed by atoms with Crippen LogP contribution in [-0.2, 0) is 0 Å². The van der Waals surface area contributed by atoms with Crippen molar-refractivity contribution in [3.05, 3.63) is 52.4 Å². The van der Waals surface area contributed by atoms with Gasteiger partial charge in [-0.25, -0.2) is 9.97 Å². The summed E-state index contributed by atoms with van der Waals surface area (Å²) in [7, 11) is 0. The molecule has 2 aromatic rings. The fourth-order valence-corrected chi connectivity index (χ4v) is 1.77. The maximum atomic E-state index is 12.0. The number of rotatable bonds is 2. The number of nitrogens with zero attached hydrogens (tertiary/aromatic N) is 2. The normalized spacial score (nSPS) is 10.2. The lowest BCUT2D eigenvalue weighted by molar-refractivity contribution is 0.102. The number of halogens is 1. The van der Waals surface area contributed by atoms with Crippen LogP contribution >= 0.6 is 11.6 Å². The van der Waals surface area contributed by atoms with Crippen LogP contribution in [0.3, 0.4) is 0 Å². The van der Waals surface area contributed by atoms with Gasteiger partial charge >= 0.3 is 0 Å². The lowest BCUT2D eigenvalue weighted by Gasteiger charge is -2.07. The van der Waals surface area contributed by atoms with Gasteiger partial charge in [0.2, 0.25) is 0 Å². The number of hydrogen-bond donors (Lipinski definition) is 1. The number of amides is 1. The van der Waals surface area contributed by atoms with E-state index in [4.69, 9.17) is 11.6 Å². The maximum Gasteiger partial charge on any atom is 0.258 e. The van der Waals surface area contributed by atoms with Crippen LogP contribution in [0, 0.1) is 13.8 Å². The first kappa shape index (κ1) is 12.5. The van der Waals surface area contributed by atoms with E-state index in [9.17, 15) is 4.79 Å². The Bertz CT molecular complexity index is 599. The van der Waals surface area contributed by atoms with Crippen LogP contribution in [0.4, 0.5) is 5.82 Å². The Balaban J connectivity index is 2.22. The molecule has 0 aliphatic heterocycles. The largest absolute Gasteiger partial charge is 0.306 e. The molecule has 0 saturated heterocycles. The van der Waals surface area contributed by atoms with E-state index in [1.165, 1.54) is 6.20 Å². The summed E-state index contributed by atoms with van der Waals surface area (Å²) < 4.78 is 0. The summed E-state index contributed by atoms with van der Waals surface area (Å²) in [4.78, 5) is 20.1. The van der Waals surface area contributed by atoms with E-state index >= 15 is 0 Å². The minimum absolute atomic E-state index is 0.241. The van der Waals surface area contributed by atoms with Gasteiger partial charge in [0.05, 0.1) is 5.56 Å². The van der Waals surface area contributed by atoms with E-state index in [0.717, 1.165) is 11.3 Å². The van der Waals surface area contributed by atoms with Gasteiger partial charge in [-0.2, -0.15) is 0 Å². The first-order valence-electron chi connectivity index (χ1n) is 5.43. The van der Waals surface area contributed by atoms with Crippen molar-refractivity contribution in [2.45, 2.75) is 13.8 Å². The first-order chi connectivity index (χ1) is 8.56. The van der Waals surface area contributed by atoms with Crippen molar-refractivity contribution in [2.75, 3.05) is 5.32 Å². The minimum Gasteiger partial charge on any atom is -0.306 e. The Hall–Kier alpha value is -1.94. The molecule has 0 aromatic carbocycles. The summed E-state index contributed by atoms with van der Waals surface area (Å²) in [5.74, 6) is 0.282.